The number of carbonyl (C=O) groups excluding carboxylic acids is 1. The molecule has 0 fully saturated rings. The van der Waals surface area contributed by atoms with E-state index in [0.29, 0.717) is 6.42 Å². The summed E-state index contributed by atoms with van der Waals surface area (Å²) in [5.74, 6) is -0.130. The fraction of sp³-hybridized carbons (Fsp3) is 0.280. The Morgan fingerprint density at radius 2 is 1.77 bits per heavy atom. The second-order valence-corrected chi connectivity index (χ2v) is 9.38. The molecule has 0 unspecified atom stereocenters. The minimum absolute atomic E-state index is 0.104. The zero-order valence-corrected chi connectivity index (χ0v) is 19.7. The lowest BCUT2D eigenvalue weighted by Crippen LogP contribution is -2.20. The van der Waals surface area contributed by atoms with Gasteiger partial charge < -0.3 is 4.57 Å². The number of nitrogens with zero attached hydrogens (tertiary/aromatic N) is 2. The highest BCUT2D eigenvalue weighted by Crippen LogP contribution is 2.26. The van der Waals surface area contributed by atoms with Gasteiger partial charge in [-0.1, -0.05) is 57.2 Å². The molecule has 1 heterocycles. The molecular formula is C25H28BrN3O. The van der Waals surface area contributed by atoms with Gasteiger partial charge >= 0.3 is 0 Å². The molecule has 1 aromatic heterocycles. The van der Waals surface area contributed by atoms with E-state index in [1.165, 1.54) is 5.56 Å². The van der Waals surface area contributed by atoms with E-state index >= 15 is 0 Å². The number of hydrogen-bond donors (Lipinski definition) is 1. The topological polar surface area (TPSA) is 46.4 Å². The SMILES string of the molecule is Cc1cc(/C=N\NC(=O)Cc2ccc(C(C)(C)C)cc2)c(C)n1-c1ccccc1Br. The van der Waals surface area contributed by atoms with Crippen molar-refractivity contribution in [2.24, 2.45) is 5.10 Å². The highest BCUT2D eigenvalue weighted by Gasteiger charge is 2.14. The molecule has 0 saturated carbocycles. The van der Waals surface area contributed by atoms with Crippen molar-refractivity contribution in [1.29, 1.82) is 0 Å². The van der Waals surface area contributed by atoms with Crippen LogP contribution in [0.15, 0.2) is 64.2 Å². The number of halogens is 1. The minimum Gasteiger partial charge on any atom is -0.317 e. The smallest absolute Gasteiger partial charge is 0.244 e. The average molecular weight is 466 g/mol. The van der Waals surface area contributed by atoms with E-state index in [-0.39, 0.29) is 11.3 Å². The summed E-state index contributed by atoms with van der Waals surface area (Å²) in [5, 5.41) is 4.18. The van der Waals surface area contributed by atoms with E-state index in [9.17, 15) is 4.79 Å². The van der Waals surface area contributed by atoms with Gasteiger partial charge in [0.05, 0.1) is 18.3 Å². The van der Waals surface area contributed by atoms with E-state index in [1.54, 1.807) is 6.21 Å². The van der Waals surface area contributed by atoms with Crippen LogP contribution < -0.4 is 5.43 Å². The fourth-order valence-corrected chi connectivity index (χ4v) is 3.91. The standard InChI is InChI=1S/C25H28BrN3O/c1-17-14-20(18(2)29(17)23-9-7-6-8-22(23)26)16-27-28-24(30)15-19-10-12-21(13-11-19)25(3,4)5/h6-14,16H,15H2,1-5H3,(H,28,30)/b27-16-. The van der Waals surface area contributed by atoms with Crippen LogP contribution in [0.1, 0.15) is 48.8 Å². The molecule has 4 nitrogen and oxygen atoms in total. The predicted molar refractivity (Wildman–Crippen MR) is 128 cm³/mol. The molecular weight excluding hydrogens is 438 g/mol. The summed E-state index contributed by atoms with van der Waals surface area (Å²) in [6.45, 7) is 10.6. The summed E-state index contributed by atoms with van der Waals surface area (Å²) >= 11 is 3.62. The van der Waals surface area contributed by atoms with Crippen LogP contribution in [0, 0.1) is 13.8 Å². The number of rotatable bonds is 5. The highest BCUT2D eigenvalue weighted by molar-refractivity contribution is 9.10. The van der Waals surface area contributed by atoms with Crippen molar-refractivity contribution >= 4 is 28.1 Å². The Labute approximate surface area is 187 Å². The molecule has 2 aromatic carbocycles. The molecule has 0 radical (unpaired) electrons. The Bertz CT molecular complexity index is 1070. The normalized spacial score (nSPS) is 11.8. The molecule has 0 atom stereocenters. The Morgan fingerprint density at radius 1 is 1.10 bits per heavy atom. The van der Waals surface area contributed by atoms with Crippen molar-refractivity contribution in [1.82, 2.24) is 9.99 Å². The van der Waals surface area contributed by atoms with Gasteiger partial charge in [0.2, 0.25) is 5.91 Å². The zero-order valence-electron chi connectivity index (χ0n) is 18.2. The van der Waals surface area contributed by atoms with Crippen LogP contribution in [-0.2, 0) is 16.6 Å². The van der Waals surface area contributed by atoms with Crippen molar-refractivity contribution in [3.63, 3.8) is 0 Å². The maximum Gasteiger partial charge on any atom is 0.244 e. The Kier molecular flexibility index (Phi) is 6.61. The summed E-state index contributed by atoms with van der Waals surface area (Å²) in [5.41, 5.74) is 9.19. The van der Waals surface area contributed by atoms with Crippen molar-refractivity contribution in [3.8, 4) is 5.69 Å². The number of amides is 1. The number of para-hydroxylation sites is 1. The van der Waals surface area contributed by atoms with E-state index in [1.807, 2.05) is 37.3 Å². The van der Waals surface area contributed by atoms with Gasteiger partial charge in [-0.05, 0) is 64.5 Å². The molecule has 0 aliphatic rings. The fourth-order valence-electron chi connectivity index (χ4n) is 3.44. The predicted octanol–water partition coefficient (Wildman–Crippen LogP) is 5.85. The van der Waals surface area contributed by atoms with E-state index in [4.69, 9.17) is 0 Å². The number of benzene rings is 2. The van der Waals surface area contributed by atoms with Gasteiger partial charge in [0.15, 0.2) is 0 Å². The Balaban J connectivity index is 1.66. The highest BCUT2D eigenvalue weighted by atomic mass is 79.9. The van der Waals surface area contributed by atoms with Gasteiger partial charge in [-0.2, -0.15) is 5.10 Å². The van der Waals surface area contributed by atoms with Gasteiger partial charge in [-0.15, -0.1) is 0 Å². The lowest BCUT2D eigenvalue weighted by Gasteiger charge is -2.19. The lowest BCUT2D eigenvalue weighted by atomic mass is 9.86. The molecule has 156 valence electrons. The molecule has 1 amide bonds. The third kappa shape index (κ3) is 5.08. The van der Waals surface area contributed by atoms with Crippen molar-refractivity contribution in [2.75, 3.05) is 0 Å². The Morgan fingerprint density at radius 3 is 2.40 bits per heavy atom. The largest absolute Gasteiger partial charge is 0.317 e. The number of hydrogen-bond acceptors (Lipinski definition) is 2. The molecule has 1 N–H and O–H groups in total. The second kappa shape index (κ2) is 9.00. The summed E-state index contributed by atoms with van der Waals surface area (Å²) < 4.78 is 3.20. The minimum atomic E-state index is -0.130. The monoisotopic (exact) mass is 465 g/mol. The molecule has 0 spiro atoms. The van der Waals surface area contributed by atoms with Crippen molar-refractivity contribution in [3.05, 3.63) is 87.1 Å². The first kappa shape index (κ1) is 22.0. The van der Waals surface area contributed by atoms with Crippen molar-refractivity contribution < 1.29 is 4.79 Å². The molecule has 0 saturated heterocycles. The van der Waals surface area contributed by atoms with Gasteiger partial charge in [0.25, 0.3) is 0 Å². The number of aromatic nitrogens is 1. The molecule has 5 heteroatoms. The van der Waals surface area contributed by atoms with E-state index in [2.05, 4.69) is 83.0 Å². The van der Waals surface area contributed by atoms with E-state index < -0.39 is 0 Å². The zero-order chi connectivity index (χ0) is 21.9. The average Bonchev–Trinajstić information content (AvgIpc) is 2.95. The number of nitrogens with one attached hydrogen (secondary N) is 1. The van der Waals surface area contributed by atoms with Gasteiger partial charge in [-0.3, -0.25) is 4.79 Å². The first-order valence-corrected chi connectivity index (χ1v) is 10.8. The molecule has 3 rings (SSSR count). The molecule has 30 heavy (non-hydrogen) atoms. The summed E-state index contributed by atoms with van der Waals surface area (Å²) in [6, 6.07) is 18.4. The van der Waals surface area contributed by atoms with Crippen molar-refractivity contribution in [2.45, 2.75) is 46.5 Å². The molecule has 0 bridgehead atoms. The third-order valence-corrected chi connectivity index (χ3v) is 5.81. The van der Waals surface area contributed by atoms with Crippen LogP contribution in [0.4, 0.5) is 0 Å². The maximum absolute atomic E-state index is 12.3. The van der Waals surface area contributed by atoms with Gasteiger partial charge in [0, 0.05) is 21.4 Å². The first-order chi connectivity index (χ1) is 14.2. The molecule has 3 aromatic rings. The quantitative estimate of drug-likeness (QED) is 0.372. The van der Waals surface area contributed by atoms with Gasteiger partial charge in [0.1, 0.15) is 0 Å². The summed E-state index contributed by atoms with van der Waals surface area (Å²) in [7, 11) is 0. The Hall–Kier alpha value is -2.66. The molecule has 0 aliphatic heterocycles. The number of aryl methyl sites for hydroxylation is 1. The number of hydrazone groups is 1. The summed E-state index contributed by atoms with van der Waals surface area (Å²) in [6.07, 6.45) is 2.01. The van der Waals surface area contributed by atoms with Crippen LogP contribution >= 0.6 is 15.9 Å². The van der Waals surface area contributed by atoms with E-state index in [0.717, 1.165) is 32.7 Å². The van der Waals surface area contributed by atoms with Crippen LogP contribution in [0.25, 0.3) is 5.69 Å². The lowest BCUT2D eigenvalue weighted by molar-refractivity contribution is -0.120. The van der Waals surface area contributed by atoms with Crippen LogP contribution in [0.5, 0.6) is 0 Å². The maximum atomic E-state index is 12.3. The summed E-state index contributed by atoms with van der Waals surface area (Å²) in [4.78, 5) is 12.3. The second-order valence-electron chi connectivity index (χ2n) is 8.53. The van der Waals surface area contributed by atoms with Crippen LogP contribution in [0.2, 0.25) is 0 Å². The van der Waals surface area contributed by atoms with Gasteiger partial charge in [-0.25, -0.2) is 5.43 Å². The molecule has 0 aliphatic carbocycles. The van der Waals surface area contributed by atoms with Crippen LogP contribution in [0.3, 0.4) is 0 Å². The first-order valence-electron chi connectivity index (χ1n) is 10.0. The number of carbonyl (C=O) groups is 1. The third-order valence-electron chi connectivity index (χ3n) is 5.14. The van der Waals surface area contributed by atoms with Crippen LogP contribution in [-0.4, -0.2) is 16.7 Å².